The van der Waals surface area contributed by atoms with Crippen molar-refractivity contribution >= 4 is 44.6 Å². The van der Waals surface area contributed by atoms with Crippen LogP contribution in [0.5, 0.6) is 0 Å². The SMILES string of the molecule is CN1Cc2cc(-c3ccc(-c4cncc(NS(=O)(=O)c5ccc(C(F)(F)F)cc5Cl)c4)s3)ccc2C1=O. The first-order valence-corrected chi connectivity index (χ1v) is 13.4. The summed E-state index contributed by atoms with van der Waals surface area (Å²) in [6.07, 6.45) is -1.78. The average molecular weight is 564 g/mol. The lowest BCUT2D eigenvalue weighted by molar-refractivity contribution is -0.137. The van der Waals surface area contributed by atoms with Gasteiger partial charge >= 0.3 is 6.18 Å². The Balaban J connectivity index is 1.39. The van der Waals surface area contributed by atoms with Gasteiger partial charge in [-0.2, -0.15) is 13.2 Å². The summed E-state index contributed by atoms with van der Waals surface area (Å²) in [6.45, 7) is 0.551. The summed E-state index contributed by atoms with van der Waals surface area (Å²) in [5.41, 5.74) is 2.34. The van der Waals surface area contributed by atoms with Gasteiger partial charge in [-0.1, -0.05) is 17.7 Å². The van der Waals surface area contributed by atoms with Gasteiger partial charge < -0.3 is 4.90 Å². The van der Waals surface area contributed by atoms with E-state index in [0.29, 0.717) is 29.8 Å². The number of alkyl halides is 3. The number of anilines is 1. The number of thiophene rings is 1. The molecule has 4 aromatic rings. The van der Waals surface area contributed by atoms with Gasteiger partial charge in [-0.05, 0) is 59.7 Å². The number of pyridine rings is 1. The monoisotopic (exact) mass is 563 g/mol. The van der Waals surface area contributed by atoms with Crippen molar-refractivity contribution in [2.45, 2.75) is 17.6 Å². The summed E-state index contributed by atoms with van der Waals surface area (Å²) in [6, 6.07) is 13.1. The van der Waals surface area contributed by atoms with Crippen molar-refractivity contribution in [2.75, 3.05) is 11.8 Å². The number of rotatable bonds is 5. The molecule has 6 nitrogen and oxygen atoms in total. The highest BCUT2D eigenvalue weighted by molar-refractivity contribution is 7.92. The number of amides is 1. The zero-order valence-electron chi connectivity index (χ0n) is 19.0. The standard InChI is InChI=1S/C25H17ClF3N3O3S2/c1-32-13-16-8-14(2-4-19(16)24(32)33)21-5-6-22(36-21)15-9-18(12-30-11-15)31-37(34,35)23-7-3-17(10-20(23)26)25(27,28)29/h2-12,31H,13H2,1H3. The maximum absolute atomic E-state index is 12.9. The maximum Gasteiger partial charge on any atom is 0.416 e. The van der Waals surface area contributed by atoms with Gasteiger partial charge in [0.15, 0.2) is 0 Å². The number of nitrogens with one attached hydrogen (secondary N) is 1. The molecule has 3 heterocycles. The minimum absolute atomic E-state index is 0.00339. The lowest BCUT2D eigenvalue weighted by Crippen LogP contribution is -2.17. The van der Waals surface area contributed by atoms with E-state index < -0.39 is 31.7 Å². The second-order valence-electron chi connectivity index (χ2n) is 8.41. The summed E-state index contributed by atoms with van der Waals surface area (Å²) < 4.78 is 66.7. The molecular weight excluding hydrogens is 547 g/mol. The quantitative estimate of drug-likeness (QED) is 0.299. The molecular formula is C25H17ClF3N3O3S2. The number of hydrogen-bond acceptors (Lipinski definition) is 5. The van der Waals surface area contributed by atoms with Crippen LogP contribution in [0.3, 0.4) is 0 Å². The molecule has 0 saturated heterocycles. The molecule has 5 rings (SSSR count). The number of carbonyl (C=O) groups excluding carboxylic acids is 1. The summed E-state index contributed by atoms with van der Waals surface area (Å²) in [7, 11) is -2.52. The van der Waals surface area contributed by atoms with Crippen molar-refractivity contribution in [3.8, 4) is 20.9 Å². The zero-order valence-corrected chi connectivity index (χ0v) is 21.4. The summed E-state index contributed by atoms with van der Waals surface area (Å²) in [4.78, 5) is 19.2. The van der Waals surface area contributed by atoms with Crippen LogP contribution in [0.25, 0.3) is 20.9 Å². The Kier molecular flexibility index (Phi) is 6.25. The lowest BCUT2D eigenvalue weighted by atomic mass is 10.1. The van der Waals surface area contributed by atoms with Crippen LogP contribution in [0.2, 0.25) is 5.02 Å². The van der Waals surface area contributed by atoms with Gasteiger partial charge in [0, 0.05) is 40.7 Å². The molecule has 0 atom stereocenters. The van der Waals surface area contributed by atoms with Crippen LogP contribution in [0, 0.1) is 0 Å². The van der Waals surface area contributed by atoms with Crippen molar-refractivity contribution in [1.82, 2.24) is 9.88 Å². The highest BCUT2D eigenvalue weighted by atomic mass is 35.5. The first kappa shape index (κ1) is 25.2. The molecule has 12 heteroatoms. The van der Waals surface area contributed by atoms with Gasteiger partial charge in [-0.3, -0.25) is 14.5 Å². The molecule has 0 aliphatic carbocycles. The van der Waals surface area contributed by atoms with E-state index >= 15 is 0 Å². The topological polar surface area (TPSA) is 79.4 Å². The lowest BCUT2D eigenvalue weighted by Gasteiger charge is -2.12. The van der Waals surface area contributed by atoms with Gasteiger partial charge in [-0.15, -0.1) is 11.3 Å². The Morgan fingerprint density at radius 1 is 1.00 bits per heavy atom. The van der Waals surface area contributed by atoms with Crippen molar-refractivity contribution in [1.29, 1.82) is 0 Å². The molecule has 0 fully saturated rings. The first-order valence-electron chi connectivity index (χ1n) is 10.8. The molecule has 0 radical (unpaired) electrons. The Hall–Kier alpha value is -3.41. The van der Waals surface area contributed by atoms with E-state index in [1.54, 1.807) is 24.2 Å². The minimum atomic E-state index is -4.65. The van der Waals surface area contributed by atoms with Crippen LogP contribution in [0.15, 0.2) is 71.9 Å². The van der Waals surface area contributed by atoms with E-state index in [0.717, 1.165) is 26.9 Å². The summed E-state index contributed by atoms with van der Waals surface area (Å²) in [5, 5.41) is -0.545. The molecule has 1 N–H and O–H groups in total. The van der Waals surface area contributed by atoms with Crippen LogP contribution >= 0.6 is 22.9 Å². The molecule has 0 spiro atoms. The van der Waals surface area contributed by atoms with Gasteiger partial charge in [0.25, 0.3) is 15.9 Å². The van der Waals surface area contributed by atoms with Crippen molar-refractivity contribution < 1.29 is 26.4 Å². The number of sulfonamides is 1. The third-order valence-corrected chi connectivity index (χ3v) is 8.85. The minimum Gasteiger partial charge on any atom is -0.337 e. The van der Waals surface area contributed by atoms with E-state index in [1.807, 2.05) is 30.3 Å². The largest absolute Gasteiger partial charge is 0.416 e. The molecule has 0 saturated carbocycles. The van der Waals surface area contributed by atoms with Gasteiger partial charge in [0.2, 0.25) is 0 Å². The van der Waals surface area contributed by atoms with Crippen LogP contribution in [0.4, 0.5) is 18.9 Å². The van der Waals surface area contributed by atoms with E-state index in [-0.39, 0.29) is 11.6 Å². The highest BCUT2D eigenvalue weighted by Crippen LogP contribution is 2.37. The van der Waals surface area contributed by atoms with Gasteiger partial charge in [0.1, 0.15) is 4.90 Å². The van der Waals surface area contributed by atoms with Crippen LogP contribution in [-0.4, -0.2) is 31.3 Å². The summed E-state index contributed by atoms with van der Waals surface area (Å²) >= 11 is 7.34. The molecule has 190 valence electrons. The number of hydrogen-bond donors (Lipinski definition) is 1. The fourth-order valence-electron chi connectivity index (χ4n) is 4.00. The molecule has 2 aromatic heterocycles. The maximum atomic E-state index is 12.9. The van der Waals surface area contributed by atoms with Gasteiger partial charge in [-0.25, -0.2) is 8.42 Å². The Labute approximate surface area is 219 Å². The van der Waals surface area contributed by atoms with Crippen LogP contribution in [0.1, 0.15) is 21.5 Å². The molecule has 0 bridgehead atoms. The van der Waals surface area contributed by atoms with Crippen molar-refractivity contribution in [2.24, 2.45) is 0 Å². The third kappa shape index (κ3) is 4.94. The number of nitrogens with zero attached hydrogens (tertiary/aromatic N) is 2. The third-order valence-electron chi connectivity index (χ3n) is 5.80. The van der Waals surface area contributed by atoms with E-state index in [1.165, 1.54) is 17.5 Å². The van der Waals surface area contributed by atoms with Crippen molar-refractivity contribution in [3.05, 3.63) is 88.7 Å². The smallest absolute Gasteiger partial charge is 0.337 e. The highest BCUT2D eigenvalue weighted by Gasteiger charge is 2.32. The second kappa shape index (κ2) is 9.16. The van der Waals surface area contributed by atoms with Crippen LogP contribution in [-0.2, 0) is 22.7 Å². The molecule has 1 amide bonds. The normalized spacial score (nSPS) is 13.6. The van der Waals surface area contributed by atoms with E-state index in [2.05, 4.69) is 9.71 Å². The average Bonchev–Trinajstić information content (AvgIpc) is 3.43. The predicted molar refractivity (Wildman–Crippen MR) is 136 cm³/mol. The fraction of sp³-hybridized carbons (Fsp3) is 0.120. The zero-order chi connectivity index (χ0) is 26.5. The van der Waals surface area contributed by atoms with Gasteiger partial charge in [0.05, 0.1) is 22.5 Å². The Morgan fingerprint density at radius 2 is 1.73 bits per heavy atom. The van der Waals surface area contributed by atoms with Crippen LogP contribution < -0.4 is 4.72 Å². The fourth-order valence-corrected chi connectivity index (χ4v) is 6.57. The Bertz CT molecular complexity index is 1650. The molecule has 2 aromatic carbocycles. The molecule has 37 heavy (non-hydrogen) atoms. The van der Waals surface area contributed by atoms with E-state index in [4.69, 9.17) is 11.6 Å². The molecule has 1 aliphatic rings. The number of fused-ring (bicyclic) bond motifs is 1. The second-order valence-corrected chi connectivity index (χ2v) is 11.5. The number of halogens is 4. The Morgan fingerprint density at radius 3 is 2.43 bits per heavy atom. The molecule has 0 unspecified atom stereocenters. The number of carbonyl (C=O) groups is 1. The number of benzene rings is 2. The summed E-state index contributed by atoms with van der Waals surface area (Å²) in [5.74, 6) is -0.00339. The van der Waals surface area contributed by atoms with E-state index in [9.17, 15) is 26.4 Å². The first-order chi connectivity index (χ1) is 17.4. The predicted octanol–water partition coefficient (Wildman–Crippen LogP) is 6.54. The number of aromatic nitrogens is 1. The molecule has 1 aliphatic heterocycles. The van der Waals surface area contributed by atoms with Crippen molar-refractivity contribution in [3.63, 3.8) is 0 Å².